The van der Waals surface area contributed by atoms with Crippen LogP contribution in [0.25, 0.3) is 0 Å². The van der Waals surface area contributed by atoms with Gasteiger partial charge >= 0.3 is 6.09 Å². The number of aliphatic hydroxyl groups excluding tert-OH is 1. The van der Waals surface area contributed by atoms with Crippen molar-refractivity contribution in [2.24, 2.45) is 0 Å². The molecule has 194 valence electrons. The van der Waals surface area contributed by atoms with Gasteiger partial charge in [-0.05, 0) is 54.7 Å². The van der Waals surface area contributed by atoms with E-state index in [1.165, 1.54) is 4.90 Å². The maximum atomic E-state index is 13.3. The van der Waals surface area contributed by atoms with Crippen LogP contribution in [0.15, 0.2) is 30.3 Å². The fourth-order valence-electron chi connectivity index (χ4n) is 3.49. The molecule has 0 radical (unpaired) electrons. The summed E-state index contributed by atoms with van der Waals surface area (Å²) in [5, 5.41) is 11.0. The lowest BCUT2D eigenvalue weighted by molar-refractivity contribution is -0.0998. The van der Waals surface area contributed by atoms with Crippen LogP contribution in [0.2, 0.25) is 36.3 Å². The quantitative estimate of drug-likeness (QED) is 0.424. The van der Waals surface area contributed by atoms with Crippen molar-refractivity contribution in [2.75, 3.05) is 6.61 Å². The molecule has 1 aliphatic heterocycles. The Bertz CT molecular complexity index is 802. The van der Waals surface area contributed by atoms with Crippen molar-refractivity contribution in [1.29, 1.82) is 0 Å². The lowest BCUT2D eigenvalue weighted by Gasteiger charge is -2.48. The van der Waals surface area contributed by atoms with Crippen molar-refractivity contribution in [1.82, 2.24) is 4.90 Å². The second-order valence-electron chi connectivity index (χ2n) is 12.6. The molecule has 3 atom stereocenters. The number of carbonyl (C=O) groups is 1. The monoisotopic (exact) mass is 509 g/mol. The standard InChI is InChI=1S/C26H47NO5Si2/c1-25(2,3)33(7,8)31-19-21-22(32-34(9,10)26(4,5)6)16-17-23(28)27(21)24(29)30-18-20-14-12-11-13-15-20/h11-15,21-23,28H,16-19H2,1-10H3/t21-,22+,23?/m1/s1. The number of benzene rings is 1. The van der Waals surface area contributed by atoms with E-state index in [2.05, 4.69) is 67.7 Å². The number of aliphatic hydroxyl groups is 1. The average Bonchev–Trinajstić information content (AvgIpc) is 2.71. The molecule has 1 aromatic carbocycles. The van der Waals surface area contributed by atoms with Gasteiger partial charge < -0.3 is 18.7 Å². The summed E-state index contributed by atoms with van der Waals surface area (Å²) in [5.74, 6) is 0. The number of nitrogens with zero attached hydrogens (tertiary/aromatic N) is 1. The number of likely N-dealkylation sites (tertiary alicyclic amines) is 1. The van der Waals surface area contributed by atoms with Crippen molar-refractivity contribution < 1.29 is 23.5 Å². The van der Waals surface area contributed by atoms with Gasteiger partial charge in [-0.3, -0.25) is 4.90 Å². The van der Waals surface area contributed by atoms with E-state index in [1.54, 1.807) is 0 Å². The van der Waals surface area contributed by atoms with Gasteiger partial charge in [-0.1, -0.05) is 71.9 Å². The van der Waals surface area contributed by atoms with Crippen molar-refractivity contribution in [3.05, 3.63) is 35.9 Å². The zero-order chi connectivity index (χ0) is 25.9. The Hall–Kier alpha value is -1.20. The molecule has 1 aromatic rings. The number of hydrogen-bond donors (Lipinski definition) is 1. The molecular formula is C26H47NO5Si2. The van der Waals surface area contributed by atoms with Gasteiger partial charge in [0.15, 0.2) is 16.6 Å². The van der Waals surface area contributed by atoms with Gasteiger partial charge in [0.05, 0.1) is 18.8 Å². The van der Waals surface area contributed by atoms with Crippen LogP contribution < -0.4 is 0 Å². The van der Waals surface area contributed by atoms with Crippen LogP contribution >= 0.6 is 0 Å². The number of rotatable bonds is 7. The molecular weight excluding hydrogens is 462 g/mol. The van der Waals surface area contributed by atoms with Crippen LogP contribution in [0.1, 0.15) is 59.9 Å². The molecule has 1 saturated heterocycles. The van der Waals surface area contributed by atoms with Crippen LogP contribution in [0.4, 0.5) is 4.79 Å². The number of ether oxygens (including phenoxy) is 1. The van der Waals surface area contributed by atoms with Crippen molar-refractivity contribution in [2.45, 2.75) is 116 Å². The smallest absolute Gasteiger partial charge is 0.412 e. The van der Waals surface area contributed by atoms with Gasteiger partial charge in [0.25, 0.3) is 0 Å². The van der Waals surface area contributed by atoms with E-state index in [-0.39, 0.29) is 22.8 Å². The van der Waals surface area contributed by atoms with E-state index in [0.29, 0.717) is 19.4 Å². The Labute approximate surface area is 209 Å². The molecule has 0 bridgehead atoms. The summed E-state index contributed by atoms with van der Waals surface area (Å²) in [6.07, 6.45) is -0.518. The topological polar surface area (TPSA) is 68.2 Å². The largest absolute Gasteiger partial charge is 0.444 e. The summed E-state index contributed by atoms with van der Waals surface area (Å²) < 4.78 is 19.0. The van der Waals surface area contributed by atoms with Crippen molar-refractivity contribution >= 4 is 22.7 Å². The number of carbonyl (C=O) groups excluding carboxylic acids is 1. The van der Waals surface area contributed by atoms with Gasteiger partial charge in [0.1, 0.15) is 12.8 Å². The lowest BCUT2D eigenvalue weighted by atomic mass is 9.99. The molecule has 8 heteroatoms. The van der Waals surface area contributed by atoms with Crippen LogP contribution in [0, 0.1) is 0 Å². The van der Waals surface area contributed by atoms with E-state index in [1.807, 2.05) is 30.3 Å². The van der Waals surface area contributed by atoms with E-state index in [0.717, 1.165) is 5.56 Å². The van der Waals surface area contributed by atoms with Crippen LogP contribution in [0.3, 0.4) is 0 Å². The molecule has 6 nitrogen and oxygen atoms in total. The lowest BCUT2D eigenvalue weighted by Crippen LogP contribution is -2.62. The second kappa shape index (κ2) is 10.8. The first-order valence-electron chi connectivity index (χ1n) is 12.5. The van der Waals surface area contributed by atoms with Crippen LogP contribution in [-0.2, 0) is 20.2 Å². The zero-order valence-corrected chi connectivity index (χ0v) is 25.0. The van der Waals surface area contributed by atoms with E-state index < -0.39 is 35.0 Å². The minimum atomic E-state index is -2.11. The Morgan fingerprint density at radius 1 is 0.971 bits per heavy atom. The van der Waals surface area contributed by atoms with E-state index >= 15 is 0 Å². The summed E-state index contributed by atoms with van der Waals surface area (Å²) >= 11 is 0. The Balaban J connectivity index is 2.29. The molecule has 1 heterocycles. The first-order chi connectivity index (χ1) is 15.5. The van der Waals surface area contributed by atoms with Gasteiger partial charge in [0, 0.05) is 0 Å². The normalized spacial score (nSPS) is 22.6. The van der Waals surface area contributed by atoms with Crippen molar-refractivity contribution in [3.63, 3.8) is 0 Å². The first kappa shape index (κ1) is 29.0. The molecule has 1 fully saturated rings. The minimum absolute atomic E-state index is 0.0343. The highest BCUT2D eigenvalue weighted by atomic mass is 28.4. The van der Waals surface area contributed by atoms with Gasteiger partial charge in [0.2, 0.25) is 0 Å². The Morgan fingerprint density at radius 2 is 1.53 bits per heavy atom. The van der Waals surface area contributed by atoms with Gasteiger partial charge in [-0.25, -0.2) is 4.79 Å². The second-order valence-corrected chi connectivity index (χ2v) is 22.1. The maximum Gasteiger partial charge on any atom is 0.412 e. The fourth-order valence-corrected chi connectivity index (χ4v) is 5.89. The zero-order valence-electron chi connectivity index (χ0n) is 23.0. The molecule has 0 spiro atoms. The highest BCUT2D eigenvalue weighted by molar-refractivity contribution is 6.74. The third-order valence-electron chi connectivity index (χ3n) is 7.91. The van der Waals surface area contributed by atoms with Crippen LogP contribution in [0.5, 0.6) is 0 Å². The first-order valence-corrected chi connectivity index (χ1v) is 18.3. The Morgan fingerprint density at radius 3 is 2.06 bits per heavy atom. The van der Waals surface area contributed by atoms with Crippen molar-refractivity contribution in [3.8, 4) is 0 Å². The highest BCUT2D eigenvalue weighted by Crippen LogP contribution is 2.41. The Kier molecular flexibility index (Phi) is 9.24. The molecule has 0 aromatic heterocycles. The molecule has 1 aliphatic rings. The minimum Gasteiger partial charge on any atom is -0.444 e. The van der Waals surface area contributed by atoms with E-state index in [9.17, 15) is 9.90 Å². The van der Waals surface area contributed by atoms with E-state index in [4.69, 9.17) is 13.6 Å². The molecule has 1 amide bonds. The summed E-state index contributed by atoms with van der Waals surface area (Å²) in [7, 11) is -4.18. The summed E-state index contributed by atoms with van der Waals surface area (Å²) in [6.45, 7) is 22.6. The third-order valence-corrected chi connectivity index (χ3v) is 16.9. The summed E-state index contributed by atoms with van der Waals surface area (Å²) in [4.78, 5) is 14.7. The van der Waals surface area contributed by atoms with Gasteiger partial charge in [-0.2, -0.15) is 0 Å². The third kappa shape index (κ3) is 7.16. The maximum absolute atomic E-state index is 13.3. The molecule has 34 heavy (non-hydrogen) atoms. The predicted molar refractivity (Wildman–Crippen MR) is 143 cm³/mol. The number of amides is 1. The van der Waals surface area contributed by atoms with Gasteiger partial charge in [-0.15, -0.1) is 0 Å². The number of piperidine rings is 1. The molecule has 0 saturated carbocycles. The molecule has 1 unspecified atom stereocenters. The highest BCUT2D eigenvalue weighted by Gasteiger charge is 2.47. The number of hydrogen-bond acceptors (Lipinski definition) is 5. The summed E-state index contributed by atoms with van der Waals surface area (Å²) in [6, 6.07) is 9.19. The fraction of sp³-hybridized carbons (Fsp3) is 0.731. The molecule has 0 aliphatic carbocycles. The molecule has 2 rings (SSSR count). The summed E-state index contributed by atoms with van der Waals surface area (Å²) in [5.41, 5.74) is 0.908. The predicted octanol–water partition coefficient (Wildman–Crippen LogP) is 6.52. The SMILES string of the molecule is CC(C)(C)[Si](C)(C)OC[C@@H]1[C@@H](O[Si](C)(C)C(C)(C)C)CCC(O)N1C(=O)OCc1ccccc1. The van der Waals surface area contributed by atoms with Crippen LogP contribution in [-0.4, -0.2) is 57.7 Å². The molecule has 1 N–H and O–H groups in total. The average molecular weight is 510 g/mol.